The van der Waals surface area contributed by atoms with Crippen LogP contribution in [0.3, 0.4) is 0 Å². The number of hydrogen-bond donors (Lipinski definition) is 1. The lowest BCUT2D eigenvalue weighted by atomic mass is 10.0. The Balaban J connectivity index is 2.49. The molecule has 0 aromatic heterocycles. The van der Waals surface area contributed by atoms with Gasteiger partial charge in [-0.2, -0.15) is 0 Å². The Bertz CT molecular complexity index is 365. The first-order valence-electron chi connectivity index (χ1n) is 5.33. The van der Waals surface area contributed by atoms with Gasteiger partial charge in [0, 0.05) is 11.6 Å². The molecule has 1 unspecified atom stereocenters. The first-order valence-corrected chi connectivity index (χ1v) is 5.33. The molecule has 1 heterocycles. The highest BCUT2D eigenvalue weighted by atomic mass is 19.1. The second kappa shape index (κ2) is 4.19. The molecule has 0 saturated heterocycles. The van der Waals surface area contributed by atoms with Crippen LogP contribution in [0, 0.1) is 12.7 Å². The Morgan fingerprint density at radius 2 is 2.27 bits per heavy atom. The summed E-state index contributed by atoms with van der Waals surface area (Å²) in [6, 6.07) is 3.98. The fourth-order valence-electron chi connectivity index (χ4n) is 2.01. The summed E-state index contributed by atoms with van der Waals surface area (Å²) in [5.74, 6) is 0.224. The molecule has 1 aliphatic rings. The van der Waals surface area contributed by atoms with Crippen LogP contribution in [0.5, 0.6) is 5.75 Å². The van der Waals surface area contributed by atoms with Crippen LogP contribution in [0.25, 0.3) is 0 Å². The van der Waals surface area contributed by atoms with Gasteiger partial charge in [-0.3, -0.25) is 0 Å². The zero-order valence-corrected chi connectivity index (χ0v) is 9.14. The molecule has 0 amide bonds. The molecule has 82 valence electrons. The maximum Gasteiger partial charge on any atom is 0.168 e. The number of fused-ring (bicyclic) bond motifs is 1. The van der Waals surface area contributed by atoms with Gasteiger partial charge < -0.3 is 10.1 Å². The summed E-state index contributed by atoms with van der Waals surface area (Å²) >= 11 is 0. The Labute approximate surface area is 89.4 Å². The van der Waals surface area contributed by atoms with Gasteiger partial charge in [0.15, 0.2) is 11.6 Å². The van der Waals surface area contributed by atoms with Crippen LogP contribution < -0.4 is 10.1 Å². The van der Waals surface area contributed by atoms with Crippen LogP contribution in [0.15, 0.2) is 12.1 Å². The van der Waals surface area contributed by atoms with Crippen LogP contribution in [0.2, 0.25) is 0 Å². The Kier molecular flexibility index (Phi) is 2.91. The molecule has 0 bridgehead atoms. The van der Waals surface area contributed by atoms with Crippen molar-refractivity contribution in [1.29, 1.82) is 0 Å². The first kappa shape index (κ1) is 10.4. The lowest BCUT2D eigenvalue weighted by Gasteiger charge is -2.16. The van der Waals surface area contributed by atoms with Crippen LogP contribution in [0.1, 0.15) is 30.0 Å². The molecule has 1 N–H and O–H groups in total. The molecule has 0 saturated carbocycles. The monoisotopic (exact) mass is 209 g/mol. The SMILES string of the molecule is CNC1CCCOc2c1ccc(C)c2F. The van der Waals surface area contributed by atoms with E-state index in [-0.39, 0.29) is 11.9 Å². The minimum absolute atomic E-state index is 0.206. The summed E-state index contributed by atoms with van der Waals surface area (Å²) in [5, 5.41) is 3.20. The second-order valence-corrected chi connectivity index (χ2v) is 3.95. The predicted octanol–water partition coefficient (Wildman–Crippen LogP) is 2.57. The van der Waals surface area contributed by atoms with Gasteiger partial charge in [-0.1, -0.05) is 12.1 Å². The number of rotatable bonds is 1. The van der Waals surface area contributed by atoms with Crippen molar-refractivity contribution in [2.75, 3.05) is 13.7 Å². The zero-order chi connectivity index (χ0) is 10.8. The molecule has 3 heteroatoms. The molecular weight excluding hydrogens is 193 g/mol. The van der Waals surface area contributed by atoms with E-state index in [2.05, 4.69) is 5.32 Å². The van der Waals surface area contributed by atoms with E-state index in [1.807, 2.05) is 19.2 Å². The average molecular weight is 209 g/mol. The number of ether oxygens (including phenoxy) is 1. The summed E-state index contributed by atoms with van der Waals surface area (Å²) in [6.45, 7) is 2.36. The van der Waals surface area contributed by atoms with Gasteiger partial charge >= 0.3 is 0 Å². The van der Waals surface area contributed by atoms with E-state index >= 15 is 0 Å². The Morgan fingerprint density at radius 1 is 1.47 bits per heavy atom. The van der Waals surface area contributed by atoms with Crippen LogP contribution >= 0.6 is 0 Å². The van der Waals surface area contributed by atoms with Crippen molar-refractivity contribution in [3.63, 3.8) is 0 Å². The number of halogens is 1. The van der Waals surface area contributed by atoms with Crippen molar-refractivity contribution < 1.29 is 9.13 Å². The highest BCUT2D eigenvalue weighted by molar-refractivity contribution is 5.41. The van der Waals surface area contributed by atoms with Crippen molar-refractivity contribution in [2.24, 2.45) is 0 Å². The molecule has 0 radical (unpaired) electrons. The molecule has 2 rings (SSSR count). The van der Waals surface area contributed by atoms with Crippen molar-refractivity contribution in [2.45, 2.75) is 25.8 Å². The molecule has 2 nitrogen and oxygen atoms in total. The predicted molar refractivity (Wildman–Crippen MR) is 57.7 cm³/mol. The molecule has 1 aromatic rings. The van der Waals surface area contributed by atoms with Gasteiger partial charge in [-0.05, 0) is 32.4 Å². The van der Waals surface area contributed by atoms with Crippen LogP contribution in [-0.2, 0) is 0 Å². The van der Waals surface area contributed by atoms with E-state index in [0.29, 0.717) is 17.9 Å². The highest BCUT2D eigenvalue weighted by Crippen LogP contribution is 2.34. The van der Waals surface area contributed by atoms with Gasteiger partial charge in [0.2, 0.25) is 0 Å². The van der Waals surface area contributed by atoms with E-state index in [1.54, 1.807) is 6.92 Å². The molecule has 0 aliphatic carbocycles. The summed E-state index contributed by atoms with van der Waals surface area (Å²) in [5.41, 5.74) is 1.59. The minimum Gasteiger partial charge on any atom is -0.490 e. The van der Waals surface area contributed by atoms with E-state index in [1.165, 1.54) is 0 Å². The van der Waals surface area contributed by atoms with Crippen molar-refractivity contribution in [3.05, 3.63) is 29.1 Å². The standard InChI is InChI=1S/C12H16FNO/c1-8-5-6-9-10(14-2)4-3-7-15-12(9)11(8)13/h5-6,10,14H,3-4,7H2,1-2H3. The molecule has 15 heavy (non-hydrogen) atoms. The zero-order valence-electron chi connectivity index (χ0n) is 9.14. The third-order valence-corrected chi connectivity index (χ3v) is 2.93. The molecule has 1 atom stereocenters. The number of benzene rings is 1. The largest absolute Gasteiger partial charge is 0.490 e. The summed E-state index contributed by atoms with van der Waals surface area (Å²) in [6.07, 6.45) is 1.95. The van der Waals surface area contributed by atoms with E-state index in [0.717, 1.165) is 18.4 Å². The Morgan fingerprint density at radius 3 is 3.00 bits per heavy atom. The maximum atomic E-state index is 13.8. The summed E-state index contributed by atoms with van der Waals surface area (Å²) < 4.78 is 19.3. The third kappa shape index (κ3) is 1.84. The Hall–Kier alpha value is -1.09. The quantitative estimate of drug-likeness (QED) is 0.767. The normalized spacial score (nSPS) is 20.3. The number of aryl methyl sites for hydroxylation is 1. The van der Waals surface area contributed by atoms with Gasteiger partial charge in [0.05, 0.1) is 6.61 Å². The van der Waals surface area contributed by atoms with Gasteiger partial charge in [-0.15, -0.1) is 0 Å². The number of hydrogen-bond acceptors (Lipinski definition) is 2. The van der Waals surface area contributed by atoms with E-state index in [9.17, 15) is 4.39 Å². The average Bonchev–Trinajstić information content (AvgIpc) is 2.45. The summed E-state index contributed by atoms with van der Waals surface area (Å²) in [4.78, 5) is 0. The van der Waals surface area contributed by atoms with Gasteiger partial charge in [0.25, 0.3) is 0 Å². The third-order valence-electron chi connectivity index (χ3n) is 2.93. The van der Waals surface area contributed by atoms with E-state index in [4.69, 9.17) is 4.74 Å². The lowest BCUT2D eigenvalue weighted by Crippen LogP contribution is -2.15. The highest BCUT2D eigenvalue weighted by Gasteiger charge is 2.21. The van der Waals surface area contributed by atoms with Crippen molar-refractivity contribution in [3.8, 4) is 5.75 Å². The minimum atomic E-state index is -0.213. The molecule has 0 spiro atoms. The molecule has 1 aromatic carbocycles. The lowest BCUT2D eigenvalue weighted by molar-refractivity contribution is 0.300. The second-order valence-electron chi connectivity index (χ2n) is 3.95. The first-order chi connectivity index (χ1) is 7.24. The molecule has 1 aliphatic heterocycles. The smallest absolute Gasteiger partial charge is 0.168 e. The van der Waals surface area contributed by atoms with Crippen LogP contribution in [-0.4, -0.2) is 13.7 Å². The van der Waals surface area contributed by atoms with Crippen LogP contribution in [0.4, 0.5) is 4.39 Å². The van der Waals surface area contributed by atoms with E-state index < -0.39 is 0 Å². The van der Waals surface area contributed by atoms with Gasteiger partial charge in [-0.25, -0.2) is 4.39 Å². The van der Waals surface area contributed by atoms with Crippen molar-refractivity contribution in [1.82, 2.24) is 5.32 Å². The fourth-order valence-corrected chi connectivity index (χ4v) is 2.01. The fraction of sp³-hybridized carbons (Fsp3) is 0.500. The summed E-state index contributed by atoms with van der Waals surface area (Å²) in [7, 11) is 1.90. The molecular formula is C12H16FNO. The maximum absolute atomic E-state index is 13.8. The topological polar surface area (TPSA) is 21.3 Å². The number of nitrogens with one attached hydrogen (secondary N) is 1. The molecule has 0 fully saturated rings. The van der Waals surface area contributed by atoms with Crippen molar-refractivity contribution >= 4 is 0 Å². The van der Waals surface area contributed by atoms with Gasteiger partial charge in [0.1, 0.15) is 0 Å².